The van der Waals surface area contributed by atoms with Crippen molar-refractivity contribution in [2.24, 2.45) is 0 Å². The molecule has 10 nitrogen and oxygen atoms in total. The van der Waals surface area contributed by atoms with Crippen molar-refractivity contribution in [1.82, 2.24) is 9.62 Å². The second-order valence-electron chi connectivity index (χ2n) is 8.36. The standard InChI is InChI=1S/C24H28N3O7S3/c28-35(29,22-10-4-1-5-11-22)26-18-16-25-17-20-27(21-19-26,36(30,31)23-12-6-2-7-13-23)34-37(32,33)24-14-8-3-9-15-24/h1-15,25H,16-21H2/q+1. The Morgan fingerprint density at radius 3 is 1.70 bits per heavy atom. The molecule has 37 heavy (non-hydrogen) atoms. The Balaban J connectivity index is 1.80. The number of hydroxylamine groups is 2. The number of hydrogen-bond acceptors (Lipinski definition) is 8. The topological polar surface area (TPSA) is 127 Å². The maximum atomic E-state index is 14.0. The molecule has 1 fully saturated rings. The third kappa shape index (κ3) is 5.77. The molecule has 198 valence electrons. The van der Waals surface area contributed by atoms with Gasteiger partial charge in [-0.15, -0.1) is 0 Å². The van der Waals surface area contributed by atoms with Gasteiger partial charge in [0.05, 0.1) is 16.3 Å². The van der Waals surface area contributed by atoms with Crippen LogP contribution in [0, 0.1) is 0 Å². The molecule has 13 heteroatoms. The van der Waals surface area contributed by atoms with Crippen LogP contribution in [-0.4, -0.2) is 72.9 Å². The summed E-state index contributed by atoms with van der Waals surface area (Å²) in [6.45, 7) is -0.665. The minimum atomic E-state index is -4.56. The average Bonchev–Trinajstić information content (AvgIpc) is 3.01. The molecular weight excluding hydrogens is 538 g/mol. The third-order valence-corrected chi connectivity index (χ3v) is 11.5. The molecule has 4 rings (SSSR count). The fourth-order valence-electron chi connectivity index (χ4n) is 4.00. The molecule has 1 heterocycles. The summed E-state index contributed by atoms with van der Waals surface area (Å²) >= 11 is 0. The smallest absolute Gasteiger partial charge is 0.310 e. The molecule has 1 N–H and O–H groups in total. The van der Waals surface area contributed by atoms with Gasteiger partial charge < -0.3 is 5.32 Å². The molecule has 1 saturated heterocycles. The van der Waals surface area contributed by atoms with E-state index in [1.165, 1.54) is 60.7 Å². The molecule has 3 aromatic rings. The number of quaternary nitrogens is 1. The molecule has 1 atom stereocenters. The predicted octanol–water partition coefficient (Wildman–Crippen LogP) is 1.81. The van der Waals surface area contributed by atoms with Crippen LogP contribution in [0.1, 0.15) is 0 Å². The summed E-state index contributed by atoms with van der Waals surface area (Å²) in [4.78, 5) is -0.302. The predicted molar refractivity (Wildman–Crippen MR) is 136 cm³/mol. The highest BCUT2D eigenvalue weighted by molar-refractivity contribution is 7.89. The number of benzene rings is 3. The summed E-state index contributed by atoms with van der Waals surface area (Å²) in [6, 6.07) is 22.4. The van der Waals surface area contributed by atoms with Crippen LogP contribution in [0.2, 0.25) is 0 Å². The van der Waals surface area contributed by atoms with Gasteiger partial charge in [0.1, 0.15) is 18.0 Å². The van der Waals surface area contributed by atoms with Crippen LogP contribution in [0.15, 0.2) is 106 Å². The van der Waals surface area contributed by atoms with E-state index in [0.717, 1.165) is 4.31 Å². The lowest BCUT2D eigenvalue weighted by atomic mass is 10.4. The van der Waals surface area contributed by atoms with Gasteiger partial charge in [-0.25, -0.2) is 8.42 Å². The van der Waals surface area contributed by atoms with Gasteiger partial charge in [-0.2, -0.15) is 21.1 Å². The van der Waals surface area contributed by atoms with E-state index < -0.39 is 40.8 Å². The molecule has 0 aliphatic carbocycles. The van der Waals surface area contributed by atoms with Crippen LogP contribution in [-0.2, 0) is 34.4 Å². The van der Waals surface area contributed by atoms with Gasteiger partial charge in [0, 0.05) is 19.6 Å². The van der Waals surface area contributed by atoms with Gasteiger partial charge in [0.15, 0.2) is 0 Å². The van der Waals surface area contributed by atoms with Crippen molar-refractivity contribution < 1.29 is 33.6 Å². The molecule has 3 aromatic carbocycles. The summed E-state index contributed by atoms with van der Waals surface area (Å²) in [6.07, 6.45) is 0. The summed E-state index contributed by atoms with van der Waals surface area (Å²) in [7, 11) is -13.0. The highest BCUT2D eigenvalue weighted by Gasteiger charge is 2.50. The van der Waals surface area contributed by atoms with Gasteiger partial charge in [-0.3, -0.25) is 0 Å². The molecule has 0 bridgehead atoms. The van der Waals surface area contributed by atoms with E-state index in [4.69, 9.17) is 4.28 Å². The first-order chi connectivity index (χ1) is 17.6. The van der Waals surface area contributed by atoms with Crippen LogP contribution in [0.3, 0.4) is 0 Å². The lowest BCUT2D eigenvalue weighted by molar-refractivity contribution is -0.975. The van der Waals surface area contributed by atoms with E-state index in [1.54, 1.807) is 30.3 Å². The Bertz CT molecular complexity index is 1520. The Hall–Kier alpha value is -2.65. The minimum Gasteiger partial charge on any atom is -0.310 e. The first-order valence-electron chi connectivity index (χ1n) is 11.5. The quantitative estimate of drug-likeness (QED) is 0.429. The first kappa shape index (κ1) is 27.4. The lowest BCUT2D eigenvalue weighted by Gasteiger charge is -2.33. The Morgan fingerprint density at radius 2 is 1.14 bits per heavy atom. The maximum Gasteiger partial charge on any atom is 0.358 e. The zero-order chi connectivity index (χ0) is 26.6. The van der Waals surface area contributed by atoms with Crippen molar-refractivity contribution in [2.45, 2.75) is 14.7 Å². The van der Waals surface area contributed by atoms with Crippen LogP contribution >= 0.6 is 0 Å². The molecule has 0 saturated carbocycles. The van der Waals surface area contributed by atoms with Crippen molar-refractivity contribution in [3.8, 4) is 0 Å². The van der Waals surface area contributed by atoms with Crippen LogP contribution < -0.4 is 5.32 Å². The van der Waals surface area contributed by atoms with Crippen molar-refractivity contribution in [2.75, 3.05) is 39.3 Å². The van der Waals surface area contributed by atoms with Crippen molar-refractivity contribution in [3.05, 3.63) is 91.0 Å². The maximum absolute atomic E-state index is 14.0. The van der Waals surface area contributed by atoms with Crippen molar-refractivity contribution >= 4 is 30.2 Å². The van der Waals surface area contributed by atoms with E-state index in [0.29, 0.717) is 0 Å². The number of nitrogens with one attached hydrogen (secondary N) is 1. The summed E-state index contributed by atoms with van der Waals surface area (Å²) < 4.78 is 86.8. The molecule has 0 aromatic heterocycles. The van der Waals surface area contributed by atoms with E-state index in [2.05, 4.69) is 5.32 Å². The second-order valence-corrected chi connectivity index (χ2v) is 13.9. The number of sulfonamides is 2. The zero-order valence-electron chi connectivity index (χ0n) is 19.9. The van der Waals surface area contributed by atoms with Gasteiger partial charge >= 0.3 is 20.1 Å². The Labute approximate surface area is 217 Å². The van der Waals surface area contributed by atoms with Crippen molar-refractivity contribution in [3.63, 3.8) is 0 Å². The molecule has 0 radical (unpaired) electrons. The fourth-order valence-corrected chi connectivity index (χ4v) is 8.63. The van der Waals surface area contributed by atoms with E-state index >= 15 is 0 Å². The van der Waals surface area contributed by atoms with Crippen molar-refractivity contribution in [1.29, 1.82) is 0 Å². The summed E-state index contributed by atoms with van der Waals surface area (Å²) in [5, 5.41) is 3.02. The van der Waals surface area contributed by atoms with Crippen LogP contribution in [0.5, 0.6) is 0 Å². The van der Waals surface area contributed by atoms with E-state index in [1.807, 2.05) is 0 Å². The van der Waals surface area contributed by atoms with Crippen LogP contribution in [0.4, 0.5) is 0 Å². The van der Waals surface area contributed by atoms with Gasteiger partial charge in [0.2, 0.25) is 10.0 Å². The largest absolute Gasteiger partial charge is 0.358 e. The number of hydrogen-bond donors (Lipinski definition) is 1. The third-order valence-electron chi connectivity index (χ3n) is 5.98. The summed E-state index contributed by atoms with van der Waals surface area (Å²) in [5.74, 6) is 0. The number of nitrogens with zero attached hydrogens (tertiary/aromatic N) is 2. The van der Waals surface area contributed by atoms with Crippen LogP contribution in [0.25, 0.3) is 0 Å². The molecule has 0 amide bonds. The average molecular weight is 567 g/mol. The highest BCUT2D eigenvalue weighted by Crippen LogP contribution is 2.30. The fraction of sp³-hybridized carbons (Fsp3) is 0.250. The molecule has 1 unspecified atom stereocenters. The summed E-state index contributed by atoms with van der Waals surface area (Å²) in [5.41, 5.74) is 0. The highest BCUT2D eigenvalue weighted by atomic mass is 32.2. The second kappa shape index (κ2) is 11.0. The minimum absolute atomic E-state index is 0.0519. The zero-order valence-corrected chi connectivity index (χ0v) is 22.3. The lowest BCUT2D eigenvalue weighted by Crippen LogP contribution is -2.58. The van der Waals surface area contributed by atoms with E-state index in [9.17, 15) is 25.3 Å². The number of rotatable bonds is 7. The normalized spacial score (nSPS) is 20.4. The monoisotopic (exact) mass is 566 g/mol. The molecule has 0 spiro atoms. The van der Waals surface area contributed by atoms with Gasteiger partial charge in [-0.1, -0.05) is 62.9 Å². The first-order valence-corrected chi connectivity index (χ1v) is 15.8. The Morgan fingerprint density at radius 1 is 0.622 bits per heavy atom. The SMILES string of the molecule is O=S(=O)(O[N+]1(S(=O)(=O)c2ccccc2)CCNCCN(S(=O)(=O)c2ccccc2)CC1)c1ccccc1. The molecule has 1 aliphatic rings. The van der Waals surface area contributed by atoms with Gasteiger partial charge in [0.25, 0.3) is 0 Å². The molecule has 1 aliphatic heterocycles. The Kier molecular flexibility index (Phi) is 8.14. The van der Waals surface area contributed by atoms with Gasteiger partial charge in [-0.05, 0) is 36.4 Å². The van der Waals surface area contributed by atoms with E-state index in [-0.39, 0.29) is 47.4 Å². The molecular formula is C24H28N3O7S3+.